The van der Waals surface area contributed by atoms with Gasteiger partial charge in [-0.1, -0.05) is 109 Å². The molecule has 290 valence electrons. The van der Waals surface area contributed by atoms with Crippen LogP contribution < -0.4 is 14.8 Å². The zero-order chi connectivity index (χ0) is 38.2. The number of amides is 2. The number of esters is 1. The van der Waals surface area contributed by atoms with Crippen LogP contribution in [0.4, 0.5) is 0 Å². The number of unbranched alkanes of at least 4 members (excludes halogenated alkanes) is 13. The SMILES string of the molecule is CCCCCCCCCCCCCCCC(=O)OCc1ccc(C(=O)NS(=O)(=O)c2ccc(CCNC(=O)c3ccc(OCCCC)cc3)cc2)cn1. The van der Waals surface area contributed by atoms with E-state index in [4.69, 9.17) is 9.47 Å². The van der Waals surface area contributed by atoms with E-state index in [-0.39, 0.29) is 28.9 Å². The van der Waals surface area contributed by atoms with Crippen LogP contribution in [0.1, 0.15) is 149 Å². The molecule has 3 rings (SSSR count). The first-order chi connectivity index (χ1) is 25.7. The van der Waals surface area contributed by atoms with Gasteiger partial charge in [0, 0.05) is 24.7 Å². The molecule has 11 heteroatoms. The summed E-state index contributed by atoms with van der Waals surface area (Å²) in [5.74, 6) is -0.597. The molecule has 0 saturated heterocycles. The third-order valence-corrected chi connectivity index (χ3v) is 10.3. The first-order valence-electron chi connectivity index (χ1n) is 19.5. The number of pyridine rings is 1. The van der Waals surface area contributed by atoms with Gasteiger partial charge >= 0.3 is 5.97 Å². The van der Waals surface area contributed by atoms with E-state index in [1.165, 1.54) is 94.7 Å². The van der Waals surface area contributed by atoms with E-state index in [2.05, 4.69) is 28.9 Å². The Balaban J connectivity index is 1.30. The maximum atomic E-state index is 12.9. The summed E-state index contributed by atoms with van der Waals surface area (Å²) in [5.41, 5.74) is 1.86. The van der Waals surface area contributed by atoms with Gasteiger partial charge in [0.15, 0.2) is 0 Å². The van der Waals surface area contributed by atoms with Gasteiger partial charge in [0.25, 0.3) is 21.8 Å². The number of carbonyl (C=O) groups excluding carboxylic acids is 3. The summed E-state index contributed by atoms with van der Waals surface area (Å²) in [6.07, 6.45) is 20.2. The van der Waals surface area contributed by atoms with Gasteiger partial charge in [-0.05, 0) is 73.4 Å². The van der Waals surface area contributed by atoms with Gasteiger partial charge in [0.2, 0.25) is 0 Å². The first-order valence-corrected chi connectivity index (χ1v) is 21.0. The van der Waals surface area contributed by atoms with Crippen LogP contribution in [0, 0.1) is 0 Å². The highest BCUT2D eigenvalue weighted by Gasteiger charge is 2.19. The zero-order valence-electron chi connectivity index (χ0n) is 31.7. The summed E-state index contributed by atoms with van der Waals surface area (Å²) < 4.78 is 38.8. The first kappa shape index (κ1) is 43.2. The predicted octanol–water partition coefficient (Wildman–Crippen LogP) is 8.88. The van der Waals surface area contributed by atoms with E-state index in [0.29, 0.717) is 37.3 Å². The minimum Gasteiger partial charge on any atom is -0.494 e. The van der Waals surface area contributed by atoms with Crippen LogP contribution in [0.3, 0.4) is 0 Å². The molecule has 0 bridgehead atoms. The fraction of sp³-hybridized carbons (Fsp3) is 0.524. The van der Waals surface area contributed by atoms with Gasteiger partial charge in [0.05, 0.1) is 22.8 Å². The molecule has 1 aromatic heterocycles. The molecule has 0 aliphatic carbocycles. The fourth-order valence-corrected chi connectivity index (χ4v) is 6.67. The molecule has 53 heavy (non-hydrogen) atoms. The Morgan fingerprint density at radius 3 is 1.83 bits per heavy atom. The lowest BCUT2D eigenvalue weighted by Crippen LogP contribution is -2.30. The molecule has 0 radical (unpaired) electrons. The Morgan fingerprint density at radius 1 is 0.660 bits per heavy atom. The predicted molar refractivity (Wildman–Crippen MR) is 208 cm³/mol. The Kier molecular flexibility index (Phi) is 20.3. The third-order valence-electron chi connectivity index (χ3n) is 9.00. The Bertz CT molecular complexity index is 1610. The normalized spacial score (nSPS) is 11.2. The number of carbonyl (C=O) groups is 3. The molecular formula is C42H59N3O7S. The van der Waals surface area contributed by atoms with Gasteiger partial charge in [0.1, 0.15) is 12.4 Å². The summed E-state index contributed by atoms with van der Waals surface area (Å²) >= 11 is 0. The Hall–Kier alpha value is -4.25. The molecule has 1 heterocycles. The van der Waals surface area contributed by atoms with E-state index < -0.39 is 15.9 Å². The summed E-state index contributed by atoms with van der Waals surface area (Å²) in [6.45, 7) is 5.32. The molecule has 2 aromatic carbocycles. The smallest absolute Gasteiger partial charge is 0.306 e. The lowest BCUT2D eigenvalue weighted by Gasteiger charge is -2.09. The lowest BCUT2D eigenvalue weighted by molar-refractivity contribution is -0.145. The molecule has 0 unspecified atom stereocenters. The molecule has 0 saturated carbocycles. The molecule has 0 spiro atoms. The molecule has 2 N–H and O–H groups in total. The van der Waals surface area contributed by atoms with Crippen molar-refractivity contribution >= 4 is 27.8 Å². The van der Waals surface area contributed by atoms with E-state index in [1.54, 1.807) is 36.4 Å². The Labute approximate surface area is 316 Å². The highest BCUT2D eigenvalue weighted by atomic mass is 32.2. The largest absolute Gasteiger partial charge is 0.494 e. The minimum atomic E-state index is -4.14. The van der Waals surface area contributed by atoms with Gasteiger partial charge in [-0.2, -0.15) is 0 Å². The maximum absolute atomic E-state index is 12.9. The van der Waals surface area contributed by atoms with Gasteiger partial charge in [-0.15, -0.1) is 0 Å². The number of benzene rings is 2. The average molecular weight is 750 g/mol. The van der Waals surface area contributed by atoms with Crippen molar-refractivity contribution in [2.75, 3.05) is 13.2 Å². The molecule has 2 amide bonds. The highest BCUT2D eigenvalue weighted by Crippen LogP contribution is 2.16. The van der Waals surface area contributed by atoms with Gasteiger partial charge in [-0.3, -0.25) is 19.4 Å². The zero-order valence-corrected chi connectivity index (χ0v) is 32.5. The second-order valence-electron chi connectivity index (χ2n) is 13.5. The van der Waals surface area contributed by atoms with Crippen molar-refractivity contribution in [3.8, 4) is 5.75 Å². The summed E-state index contributed by atoms with van der Waals surface area (Å²) in [7, 11) is -4.14. The second kappa shape index (κ2) is 24.9. The summed E-state index contributed by atoms with van der Waals surface area (Å²) in [5, 5.41) is 2.86. The molecule has 0 aliphatic rings. The highest BCUT2D eigenvalue weighted by molar-refractivity contribution is 7.90. The second-order valence-corrected chi connectivity index (χ2v) is 15.2. The maximum Gasteiger partial charge on any atom is 0.306 e. The number of rotatable bonds is 27. The van der Waals surface area contributed by atoms with Crippen molar-refractivity contribution in [2.24, 2.45) is 0 Å². The van der Waals surface area contributed by atoms with Crippen LogP contribution in [-0.4, -0.2) is 44.3 Å². The number of ether oxygens (including phenoxy) is 2. The molecule has 0 fully saturated rings. The van der Waals surface area contributed by atoms with Crippen molar-refractivity contribution in [1.29, 1.82) is 0 Å². The standard InChI is InChI=1S/C42H59N3O7S/c1-3-5-7-8-9-10-11-12-13-14-15-16-17-18-40(46)52-33-37-24-21-36(32-44-37)42(48)45-53(49,50)39-27-19-34(20-28-39)29-30-43-41(47)35-22-25-38(26-23-35)51-31-6-4-2/h19-28,32H,3-18,29-31,33H2,1-2H3,(H,43,47)(H,45,48). The number of nitrogens with zero attached hydrogens (tertiary/aromatic N) is 1. The van der Waals surface area contributed by atoms with Crippen LogP contribution in [0.5, 0.6) is 5.75 Å². The van der Waals surface area contributed by atoms with Crippen molar-refractivity contribution < 1.29 is 32.3 Å². The van der Waals surface area contributed by atoms with Crippen molar-refractivity contribution in [2.45, 2.75) is 135 Å². The molecule has 3 aromatic rings. The van der Waals surface area contributed by atoms with Crippen LogP contribution in [-0.2, 0) is 32.6 Å². The molecule has 0 aliphatic heterocycles. The molecule has 10 nitrogen and oxygen atoms in total. The van der Waals surface area contributed by atoms with E-state index >= 15 is 0 Å². The Morgan fingerprint density at radius 2 is 1.25 bits per heavy atom. The quantitative estimate of drug-likeness (QED) is 0.0582. The van der Waals surface area contributed by atoms with Gasteiger partial charge < -0.3 is 14.8 Å². The number of nitrogens with one attached hydrogen (secondary N) is 2. The van der Waals surface area contributed by atoms with E-state index in [9.17, 15) is 22.8 Å². The molecular weight excluding hydrogens is 691 g/mol. The van der Waals surface area contributed by atoms with E-state index in [1.807, 2.05) is 0 Å². The van der Waals surface area contributed by atoms with Crippen molar-refractivity contribution in [3.63, 3.8) is 0 Å². The topological polar surface area (TPSA) is 141 Å². The van der Waals surface area contributed by atoms with Crippen LogP contribution in [0.2, 0.25) is 0 Å². The number of sulfonamides is 1. The fourth-order valence-electron chi connectivity index (χ4n) is 5.69. The van der Waals surface area contributed by atoms with E-state index in [0.717, 1.165) is 43.4 Å². The molecule has 0 atom stereocenters. The van der Waals surface area contributed by atoms with Crippen LogP contribution in [0.25, 0.3) is 0 Å². The third kappa shape index (κ3) is 17.4. The van der Waals surface area contributed by atoms with Gasteiger partial charge in [-0.25, -0.2) is 13.1 Å². The minimum absolute atomic E-state index is 0.0186. The monoisotopic (exact) mass is 749 g/mol. The number of aromatic nitrogens is 1. The lowest BCUT2D eigenvalue weighted by atomic mass is 10.0. The average Bonchev–Trinajstić information content (AvgIpc) is 3.16. The van der Waals surface area contributed by atoms with Crippen molar-refractivity contribution in [3.05, 3.63) is 89.2 Å². The van der Waals surface area contributed by atoms with Crippen LogP contribution >= 0.6 is 0 Å². The number of hydrogen-bond acceptors (Lipinski definition) is 8. The summed E-state index contributed by atoms with van der Waals surface area (Å²) in [4.78, 5) is 41.5. The number of hydrogen-bond donors (Lipinski definition) is 2. The van der Waals surface area contributed by atoms with Crippen LogP contribution in [0.15, 0.2) is 71.8 Å². The summed E-state index contributed by atoms with van der Waals surface area (Å²) in [6, 6.07) is 16.1. The van der Waals surface area contributed by atoms with Crippen molar-refractivity contribution in [1.82, 2.24) is 15.0 Å².